The largest absolute Gasteiger partial charge is 0.144 e. The van der Waals surface area contributed by atoms with Crippen LogP contribution >= 0.6 is 45.5 Å². The van der Waals surface area contributed by atoms with Crippen LogP contribution in [0, 0.1) is 3.57 Å². The molecule has 0 aliphatic heterocycles. The standard InChI is InChI=1S/C10H8ClIS/c1-2-6-5-8-7(3-4-13-8)10(12)9(6)11/h3-5H,2H2,1H3. The van der Waals surface area contributed by atoms with Gasteiger partial charge in [-0.3, -0.25) is 0 Å². The zero-order chi connectivity index (χ0) is 9.42. The quantitative estimate of drug-likeness (QED) is 0.666. The van der Waals surface area contributed by atoms with E-state index in [-0.39, 0.29) is 0 Å². The fraction of sp³-hybridized carbons (Fsp3) is 0.200. The van der Waals surface area contributed by atoms with Crippen LogP contribution in [0.3, 0.4) is 0 Å². The van der Waals surface area contributed by atoms with E-state index in [1.165, 1.54) is 19.2 Å². The first kappa shape index (κ1) is 9.74. The second-order valence-electron chi connectivity index (χ2n) is 2.85. The number of hydrogen-bond donors (Lipinski definition) is 0. The number of rotatable bonds is 1. The van der Waals surface area contributed by atoms with Gasteiger partial charge in [0.05, 0.1) is 5.02 Å². The lowest BCUT2D eigenvalue weighted by molar-refractivity contribution is 1.14. The van der Waals surface area contributed by atoms with Gasteiger partial charge in [-0.2, -0.15) is 0 Å². The number of benzene rings is 1. The summed E-state index contributed by atoms with van der Waals surface area (Å²) in [5, 5.41) is 4.32. The smallest absolute Gasteiger partial charge is 0.0578 e. The highest BCUT2D eigenvalue weighted by Crippen LogP contribution is 2.34. The molecule has 1 heterocycles. The molecule has 0 saturated carbocycles. The van der Waals surface area contributed by atoms with Gasteiger partial charge in [-0.1, -0.05) is 18.5 Å². The van der Waals surface area contributed by atoms with Crippen molar-refractivity contribution in [2.24, 2.45) is 0 Å². The molecule has 0 unspecified atom stereocenters. The maximum atomic E-state index is 6.23. The van der Waals surface area contributed by atoms with Crippen molar-refractivity contribution < 1.29 is 0 Å². The van der Waals surface area contributed by atoms with Crippen LogP contribution in [-0.4, -0.2) is 0 Å². The SMILES string of the molecule is CCc1cc2sccc2c(I)c1Cl. The summed E-state index contributed by atoms with van der Waals surface area (Å²) in [6.45, 7) is 2.14. The molecular formula is C10H8ClIS. The number of halogens is 2. The lowest BCUT2D eigenvalue weighted by atomic mass is 10.1. The molecule has 0 saturated heterocycles. The Kier molecular flexibility index (Phi) is 2.81. The Morgan fingerprint density at radius 3 is 3.00 bits per heavy atom. The molecule has 0 aliphatic carbocycles. The van der Waals surface area contributed by atoms with Crippen molar-refractivity contribution in [1.82, 2.24) is 0 Å². The maximum absolute atomic E-state index is 6.23. The van der Waals surface area contributed by atoms with Gasteiger partial charge in [0.25, 0.3) is 0 Å². The molecule has 0 atom stereocenters. The molecule has 2 rings (SSSR count). The third-order valence-electron chi connectivity index (χ3n) is 2.09. The fourth-order valence-electron chi connectivity index (χ4n) is 1.35. The number of hydrogen-bond acceptors (Lipinski definition) is 1. The van der Waals surface area contributed by atoms with Gasteiger partial charge in [-0.25, -0.2) is 0 Å². The van der Waals surface area contributed by atoms with Gasteiger partial charge >= 0.3 is 0 Å². The Morgan fingerprint density at radius 2 is 2.31 bits per heavy atom. The van der Waals surface area contributed by atoms with Crippen LogP contribution in [0.1, 0.15) is 12.5 Å². The molecule has 1 aromatic heterocycles. The van der Waals surface area contributed by atoms with Gasteiger partial charge in [0.1, 0.15) is 0 Å². The van der Waals surface area contributed by atoms with Crippen molar-refractivity contribution in [2.75, 3.05) is 0 Å². The lowest BCUT2D eigenvalue weighted by Gasteiger charge is -2.04. The monoisotopic (exact) mass is 322 g/mol. The number of fused-ring (bicyclic) bond motifs is 1. The molecule has 0 bridgehead atoms. The van der Waals surface area contributed by atoms with E-state index in [1.54, 1.807) is 11.3 Å². The van der Waals surface area contributed by atoms with E-state index >= 15 is 0 Å². The minimum atomic E-state index is 0.925. The molecule has 2 aromatic rings. The molecule has 3 heteroatoms. The first-order chi connectivity index (χ1) is 6.24. The Bertz CT molecular complexity index is 447. The van der Waals surface area contributed by atoms with Crippen molar-refractivity contribution in [3.05, 3.63) is 31.7 Å². The average Bonchev–Trinajstić information content (AvgIpc) is 2.59. The maximum Gasteiger partial charge on any atom is 0.0578 e. The van der Waals surface area contributed by atoms with Crippen molar-refractivity contribution >= 4 is 55.6 Å². The second-order valence-corrected chi connectivity index (χ2v) is 5.25. The zero-order valence-corrected chi connectivity index (χ0v) is 10.8. The average molecular weight is 323 g/mol. The Morgan fingerprint density at radius 1 is 1.54 bits per heavy atom. The van der Waals surface area contributed by atoms with Crippen LogP contribution in [0.2, 0.25) is 5.02 Å². The molecule has 0 amide bonds. The highest BCUT2D eigenvalue weighted by atomic mass is 127. The summed E-state index contributed by atoms with van der Waals surface area (Å²) in [4.78, 5) is 0. The Balaban J connectivity index is 2.83. The van der Waals surface area contributed by atoms with Gasteiger partial charge in [0.15, 0.2) is 0 Å². The van der Waals surface area contributed by atoms with Gasteiger partial charge in [0.2, 0.25) is 0 Å². The highest BCUT2D eigenvalue weighted by Gasteiger charge is 2.08. The summed E-state index contributed by atoms with van der Waals surface area (Å²) < 4.78 is 2.53. The number of aryl methyl sites for hydroxylation is 1. The summed E-state index contributed by atoms with van der Waals surface area (Å²) in [6.07, 6.45) is 1.00. The van der Waals surface area contributed by atoms with Crippen LogP contribution in [0.5, 0.6) is 0 Å². The number of thiophene rings is 1. The molecule has 0 aliphatic rings. The highest BCUT2D eigenvalue weighted by molar-refractivity contribution is 14.1. The molecule has 0 spiro atoms. The van der Waals surface area contributed by atoms with E-state index in [1.807, 2.05) is 0 Å². The van der Waals surface area contributed by atoms with Crippen LogP contribution in [-0.2, 0) is 6.42 Å². The minimum absolute atomic E-state index is 0.925. The molecule has 0 nitrogen and oxygen atoms in total. The summed E-state index contributed by atoms with van der Waals surface area (Å²) in [7, 11) is 0. The summed E-state index contributed by atoms with van der Waals surface area (Å²) in [5.74, 6) is 0. The topological polar surface area (TPSA) is 0 Å². The Labute approximate surface area is 100 Å². The van der Waals surface area contributed by atoms with Crippen molar-refractivity contribution in [1.29, 1.82) is 0 Å². The van der Waals surface area contributed by atoms with Crippen LogP contribution in [0.25, 0.3) is 10.1 Å². The van der Waals surface area contributed by atoms with E-state index in [0.29, 0.717) is 0 Å². The van der Waals surface area contributed by atoms with E-state index in [0.717, 1.165) is 11.4 Å². The fourth-order valence-corrected chi connectivity index (χ4v) is 3.50. The molecule has 0 N–H and O–H groups in total. The van der Waals surface area contributed by atoms with Crippen LogP contribution in [0.4, 0.5) is 0 Å². The Hall–Kier alpha value is 0.200. The van der Waals surface area contributed by atoms with Crippen LogP contribution < -0.4 is 0 Å². The van der Waals surface area contributed by atoms with E-state index in [4.69, 9.17) is 11.6 Å². The van der Waals surface area contributed by atoms with Crippen LogP contribution in [0.15, 0.2) is 17.5 Å². The lowest BCUT2D eigenvalue weighted by Crippen LogP contribution is -1.85. The first-order valence-electron chi connectivity index (χ1n) is 4.08. The minimum Gasteiger partial charge on any atom is -0.144 e. The predicted molar refractivity (Wildman–Crippen MR) is 68.9 cm³/mol. The first-order valence-corrected chi connectivity index (χ1v) is 6.41. The summed E-state index contributed by atoms with van der Waals surface area (Å²) in [5.41, 5.74) is 1.25. The van der Waals surface area contributed by atoms with Crippen molar-refractivity contribution in [3.63, 3.8) is 0 Å². The molecule has 0 fully saturated rings. The molecule has 68 valence electrons. The summed E-state index contributed by atoms with van der Waals surface area (Å²) >= 11 is 10.3. The second kappa shape index (κ2) is 3.75. The third kappa shape index (κ3) is 1.60. The molecule has 13 heavy (non-hydrogen) atoms. The van der Waals surface area contributed by atoms with Gasteiger partial charge in [-0.05, 0) is 52.1 Å². The predicted octanol–water partition coefficient (Wildman–Crippen LogP) is 4.72. The zero-order valence-electron chi connectivity index (χ0n) is 7.10. The van der Waals surface area contributed by atoms with Gasteiger partial charge in [0, 0.05) is 13.7 Å². The van der Waals surface area contributed by atoms with Gasteiger partial charge < -0.3 is 0 Å². The molecule has 1 aromatic carbocycles. The van der Waals surface area contributed by atoms with E-state index in [9.17, 15) is 0 Å². The van der Waals surface area contributed by atoms with E-state index < -0.39 is 0 Å². The molecule has 0 radical (unpaired) electrons. The third-order valence-corrected chi connectivity index (χ3v) is 4.83. The molecular weight excluding hydrogens is 315 g/mol. The summed E-state index contributed by atoms with van der Waals surface area (Å²) in [6, 6.07) is 4.33. The van der Waals surface area contributed by atoms with Crippen molar-refractivity contribution in [3.8, 4) is 0 Å². The normalized spacial score (nSPS) is 11.0. The van der Waals surface area contributed by atoms with Crippen molar-refractivity contribution in [2.45, 2.75) is 13.3 Å². The van der Waals surface area contributed by atoms with Gasteiger partial charge in [-0.15, -0.1) is 11.3 Å². The van der Waals surface area contributed by atoms with E-state index in [2.05, 4.69) is 47.0 Å².